The number of rotatable bonds is 8. The number of aryl methyl sites for hydroxylation is 1. The second-order valence-electron chi connectivity index (χ2n) is 9.64. The number of nitrogens with zero attached hydrogens (tertiary/aromatic N) is 1. The van der Waals surface area contributed by atoms with Crippen LogP contribution in [0.2, 0.25) is 0 Å². The molecule has 0 spiro atoms. The maximum absolute atomic E-state index is 13.8. The van der Waals surface area contributed by atoms with Crippen LogP contribution < -0.4 is 10.6 Å². The molecule has 3 aromatic rings. The molecule has 1 aliphatic heterocycles. The van der Waals surface area contributed by atoms with Crippen molar-refractivity contribution in [1.29, 1.82) is 0 Å². The predicted octanol–water partition coefficient (Wildman–Crippen LogP) is 4.97. The van der Waals surface area contributed by atoms with Gasteiger partial charge in [0.15, 0.2) is 12.1 Å². The molecule has 190 valence electrons. The van der Waals surface area contributed by atoms with E-state index < -0.39 is 24.1 Å². The van der Waals surface area contributed by atoms with Crippen LogP contribution in [0.25, 0.3) is 0 Å². The quantitative estimate of drug-likeness (QED) is 0.456. The van der Waals surface area contributed by atoms with Crippen LogP contribution in [0.15, 0.2) is 72.8 Å². The molecule has 1 aliphatic carbocycles. The smallest absolute Gasteiger partial charge is 0.411 e. The molecule has 0 radical (unpaired) electrons. The maximum atomic E-state index is 13.8. The Balaban J connectivity index is 1.34. The number of halogens is 1. The van der Waals surface area contributed by atoms with E-state index in [0.717, 1.165) is 18.4 Å². The highest BCUT2D eigenvalue weighted by molar-refractivity contribution is 6.04. The summed E-state index contributed by atoms with van der Waals surface area (Å²) in [6.45, 7) is 2.54. The summed E-state index contributed by atoms with van der Waals surface area (Å²) in [4.78, 5) is 40.0. The Hall–Kier alpha value is -4.20. The number of carbonyl (C=O) groups is 3. The van der Waals surface area contributed by atoms with Crippen LogP contribution in [0, 0.1) is 18.7 Å². The number of hydrogen-bond donors (Lipinski definition) is 2. The largest absolute Gasteiger partial charge is 0.438 e. The average Bonchev–Trinajstić information content (AvgIpc) is 3.66. The summed E-state index contributed by atoms with van der Waals surface area (Å²) in [5.41, 5.74) is 3.36. The summed E-state index contributed by atoms with van der Waals surface area (Å²) in [6, 6.07) is 19.2. The molecule has 1 saturated carbocycles. The third-order valence-corrected chi connectivity index (χ3v) is 6.67. The van der Waals surface area contributed by atoms with Gasteiger partial charge in [-0.15, -0.1) is 0 Å². The van der Waals surface area contributed by atoms with E-state index in [2.05, 4.69) is 10.6 Å². The number of nitrogens with one attached hydrogen (secondary N) is 2. The van der Waals surface area contributed by atoms with Crippen molar-refractivity contribution in [2.24, 2.45) is 5.92 Å². The number of hydrogen-bond acceptors (Lipinski definition) is 4. The summed E-state index contributed by atoms with van der Waals surface area (Å²) in [6.07, 6.45) is 0.666. The van der Waals surface area contributed by atoms with Crippen LogP contribution in [0.5, 0.6) is 0 Å². The molecule has 0 bridgehead atoms. The van der Waals surface area contributed by atoms with Gasteiger partial charge in [0.2, 0.25) is 5.91 Å². The summed E-state index contributed by atoms with van der Waals surface area (Å²) in [5.74, 6) is -0.498. The lowest BCUT2D eigenvalue weighted by Gasteiger charge is -2.24. The molecule has 1 saturated heterocycles. The summed E-state index contributed by atoms with van der Waals surface area (Å²) in [5, 5.41) is 5.80. The summed E-state index contributed by atoms with van der Waals surface area (Å²) in [7, 11) is 0. The van der Waals surface area contributed by atoms with Crippen molar-refractivity contribution >= 4 is 23.6 Å². The number of benzene rings is 3. The fourth-order valence-electron chi connectivity index (χ4n) is 4.38. The van der Waals surface area contributed by atoms with Crippen molar-refractivity contribution < 1.29 is 23.5 Å². The standard InChI is InChI=1S/C29H28FN3O4/c1-18-5-9-22(10-6-18)27(34)32-24-13-11-21(12-14-24)26-25(28(35)31-16-19-7-8-19)33(29(36)37-26)17-20-3-2-4-23(30)15-20/h2-6,9-15,19,25-26H,7-8,16-17H2,1H3,(H,31,35)(H,32,34). The van der Waals surface area contributed by atoms with Crippen molar-refractivity contribution in [3.8, 4) is 0 Å². The van der Waals surface area contributed by atoms with Gasteiger partial charge < -0.3 is 15.4 Å². The Labute approximate surface area is 214 Å². The van der Waals surface area contributed by atoms with Crippen LogP contribution >= 0.6 is 0 Å². The van der Waals surface area contributed by atoms with Crippen molar-refractivity contribution in [3.63, 3.8) is 0 Å². The van der Waals surface area contributed by atoms with E-state index >= 15 is 0 Å². The molecular formula is C29H28FN3O4. The van der Waals surface area contributed by atoms with Gasteiger partial charge in [-0.3, -0.25) is 14.5 Å². The Morgan fingerprint density at radius 2 is 1.76 bits per heavy atom. The number of ether oxygens (including phenoxy) is 1. The van der Waals surface area contributed by atoms with Gasteiger partial charge in [0, 0.05) is 17.8 Å². The lowest BCUT2D eigenvalue weighted by atomic mass is 10.00. The Kier molecular flexibility index (Phi) is 6.90. The molecule has 2 N–H and O–H groups in total. The molecule has 1 heterocycles. The fraction of sp³-hybridized carbons (Fsp3) is 0.276. The molecule has 2 fully saturated rings. The van der Waals surface area contributed by atoms with E-state index in [9.17, 15) is 18.8 Å². The molecule has 3 amide bonds. The van der Waals surface area contributed by atoms with Crippen LogP contribution in [0.3, 0.4) is 0 Å². The zero-order valence-corrected chi connectivity index (χ0v) is 20.4. The highest BCUT2D eigenvalue weighted by Gasteiger charge is 2.47. The van der Waals surface area contributed by atoms with Gasteiger partial charge in [0.25, 0.3) is 5.91 Å². The highest BCUT2D eigenvalue weighted by Crippen LogP contribution is 2.35. The lowest BCUT2D eigenvalue weighted by molar-refractivity contribution is -0.126. The zero-order chi connectivity index (χ0) is 25.9. The minimum Gasteiger partial charge on any atom is -0.438 e. The number of amides is 3. The normalized spacial score (nSPS) is 18.9. The Bertz CT molecular complexity index is 1310. The van der Waals surface area contributed by atoms with Crippen molar-refractivity contribution in [1.82, 2.24) is 10.2 Å². The van der Waals surface area contributed by atoms with Gasteiger partial charge in [-0.1, -0.05) is 42.0 Å². The minimum absolute atomic E-state index is 0.0410. The second kappa shape index (κ2) is 10.4. The van der Waals surface area contributed by atoms with Gasteiger partial charge in [-0.2, -0.15) is 0 Å². The first-order valence-electron chi connectivity index (χ1n) is 12.3. The summed E-state index contributed by atoms with van der Waals surface area (Å²) >= 11 is 0. The molecule has 0 aromatic heterocycles. The van der Waals surface area contributed by atoms with Crippen molar-refractivity contribution in [2.75, 3.05) is 11.9 Å². The van der Waals surface area contributed by atoms with Gasteiger partial charge in [0.05, 0.1) is 6.54 Å². The predicted molar refractivity (Wildman–Crippen MR) is 136 cm³/mol. The maximum Gasteiger partial charge on any atom is 0.411 e. The van der Waals surface area contributed by atoms with E-state index in [4.69, 9.17) is 4.74 Å². The SMILES string of the molecule is Cc1ccc(C(=O)Nc2ccc(C3OC(=O)N(Cc4cccc(F)c4)C3C(=O)NCC3CC3)cc2)cc1. The lowest BCUT2D eigenvalue weighted by Crippen LogP contribution is -2.46. The molecule has 2 atom stereocenters. The Morgan fingerprint density at radius 3 is 2.43 bits per heavy atom. The first kappa shape index (κ1) is 24.5. The first-order chi connectivity index (χ1) is 17.9. The van der Waals surface area contributed by atoms with E-state index in [1.165, 1.54) is 17.0 Å². The molecule has 3 aromatic carbocycles. The third kappa shape index (κ3) is 5.80. The van der Waals surface area contributed by atoms with Crippen LogP contribution in [-0.4, -0.2) is 35.4 Å². The molecular weight excluding hydrogens is 473 g/mol. The van der Waals surface area contributed by atoms with Gasteiger partial charge in [-0.05, 0) is 73.2 Å². The summed E-state index contributed by atoms with van der Waals surface area (Å²) < 4.78 is 19.4. The van der Waals surface area contributed by atoms with Gasteiger partial charge >= 0.3 is 6.09 Å². The van der Waals surface area contributed by atoms with E-state index in [0.29, 0.717) is 34.8 Å². The van der Waals surface area contributed by atoms with E-state index in [1.807, 2.05) is 19.1 Å². The van der Waals surface area contributed by atoms with Gasteiger partial charge in [0.1, 0.15) is 5.82 Å². The van der Waals surface area contributed by atoms with Crippen LogP contribution in [-0.2, 0) is 16.1 Å². The van der Waals surface area contributed by atoms with Crippen LogP contribution in [0.1, 0.15) is 46.0 Å². The minimum atomic E-state index is -0.914. The number of anilines is 1. The molecule has 2 aliphatic rings. The molecule has 7 nitrogen and oxygen atoms in total. The molecule has 8 heteroatoms. The van der Waals surface area contributed by atoms with Gasteiger partial charge in [-0.25, -0.2) is 9.18 Å². The molecule has 5 rings (SSSR count). The second-order valence-corrected chi connectivity index (χ2v) is 9.64. The zero-order valence-electron chi connectivity index (χ0n) is 20.4. The highest BCUT2D eigenvalue weighted by atomic mass is 19.1. The monoisotopic (exact) mass is 501 g/mol. The Morgan fingerprint density at radius 1 is 1.03 bits per heavy atom. The van der Waals surface area contributed by atoms with Crippen molar-refractivity contribution in [2.45, 2.75) is 38.5 Å². The number of cyclic esters (lactones) is 1. The van der Waals surface area contributed by atoms with Crippen molar-refractivity contribution in [3.05, 3.63) is 101 Å². The van der Waals surface area contributed by atoms with E-state index in [-0.39, 0.29) is 18.4 Å². The van der Waals surface area contributed by atoms with E-state index in [1.54, 1.807) is 48.5 Å². The fourth-order valence-corrected chi connectivity index (χ4v) is 4.38. The third-order valence-electron chi connectivity index (χ3n) is 6.67. The van der Waals surface area contributed by atoms with Crippen LogP contribution in [0.4, 0.5) is 14.9 Å². The first-order valence-corrected chi connectivity index (χ1v) is 12.3. The molecule has 2 unspecified atom stereocenters. The molecule has 37 heavy (non-hydrogen) atoms. The number of carbonyl (C=O) groups excluding carboxylic acids is 3. The average molecular weight is 502 g/mol. The topological polar surface area (TPSA) is 87.7 Å².